The van der Waals surface area contributed by atoms with E-state index in [4.69, 9.17) is 0 Å². The van der Waals surface area contributed by atoms with Gasteiger partial charge in [-0.25, -0.2) is 0 Å². The zero-order chi connectivity index (χ0) is 25.6. The van der Waals surface area contributed by atoms with E-state index in [-0.39, 0.29) is 51.0 Å². The van der Waals surface area contributed by atoms with Gasteiger partial charge in [0.05, 0.1) is 0 Å². The van der Waals surface area contributed by atoms with Crippen molar-refractivity contribution in [3.05, 3.63) is 145 Å². The maximum absolute atomic E-state index is 2.33. The smallest absolute Gasteiger partial charge is 1.00 e. The van der Waals surface area contributed by atoms with Gasteiger partial charge in [-0.05, 0) is 49.1 Å². The molecule has 0 aliphatic heterocycles. The van der Waals surface area contributed by atoms with Gasteiger partial charge in [-0.2, -0.15) is 0 Å². The number of hydrogen-bond acceptors (Lipinski definition) is 0. The normalized spacial score (nSPS) is 10.6. The first-order valence-electron chi connectivity index (χ1n) is 13.1. The van der Waals surface area contributed by atoms with Crippen molar-refractivity contribution in [1.82, 2.24) is 9.13 Å². The maximum Gasteiger partial charge on any atom is 4.00 e. The second-order valence-corrected chi connectivity index (χ2v) is 9.97. The third-order valence-corrected chi connectivity index (χ3v) is 7.56. The van der Waals surface area contributed by atoms with Gasteiger partial charge in [0.2, 0.25) is 0 Å². The molecule has 0 spiro atoms. The molecule has 0 aliphatic carbocycles. The van der Waals surface area contributed by atoms with E-state index >= 15 is 0 Å². The molecule has 6 aromatic carbocycles. The Kier molecular flexibility index (Phi) is 9.45. The third-order valence-electron chi connectivity index (χ3n) is 7.56. The summed E-state index contributed by atoms with van der Waals surface area (Å²) in [5, 5.41) is 8.01. The van der Waals surface area contributed by atoms with E-state index in [0.717, 1.165) is 0 Å². The molecular formula is C36H28Cl2N2Zr. The molecule has 0 saturated carbocycles. The van der Waals surface area contributed by atoms with E-state index in [0.29, 0.717) is 0 Å². The first-order chi connectivity index (χ1) is 18.7. The molecule has 5 heteroatoms. The Morgan fingerprint density at radius 1 is 0.439 bits per heavy atom. The van der Waals surface area contributed by atoms with Crippen molar-refractivity contribution in [2.75, 3.05) is 0 Å². The number of aryl methyl sites for hydroxylation is 2. The summed E-state index contributed by atoms with van der Waals surface area (Å²) >= 11 is 0. The van der Waals surface area contributed by atoms with E-state index in [1.54, 1.807) is 0 Å². The summed E-state index contributed by atoms with van der Waals surface area (Å²) in [6.45, 7) is 4.34. The van der Waals surface area contributed by atoms with Crippen LogP contribution in [0.1, 0.15) is 11.4 Å². The Bertz CT molecular complexity index is 1890. The molecule has 0 saturated heterocycles. The molecule has 2 aromatic heterocycles. The van der Waals surface area contributed by atoms with Crippen molar-refractivity contribution < 1.29 is 51.0 Å². The molecule has 8 rings (SSSR count). The van der Waals surface area contributed by atoms with Crippen molar-refractivity contribution in [2.45, 2.75) is 13.8 Å². The molecule has 0 atom stereocenters. The second-order valence-electron chi connectivity index (χ2n) is 9.97. The van der Waals surface area contributed by atoms with Crippen LogP contribution in [-0.2, 0) is 26.2 Å². The predicted molar refractivity (Wildman–Crippen MR) is 162 cm³/mol. The SMILES string of the molecule is Cc1cc2c3ccccc3[cH-]c2n1-c1ccccc1.Cc1cc2c3ccccc3[cH-]c2n1-c1ccccc1.[Cl-].[Cl-].[Zr+4]. The van der Waals surface area contributed by atoms with Gasteiger partial charge < -0.3 is 33.9 Å². The fourth-order valence-corrected chi connectivity index (χ4v) is 5.90. The van der Waals surface area contributed by atoms with Gasteiger partial charge in [0.25, 0.3) is 0 Å². The summed E-state index contributed by atoms with van der Waals surface area (Å²) in [5.74, 6) is 0. The molecule has 0 unspecified atom stereocenters. The van der Waals surface area contributed by atoms with E-state index in [1.807, 2.05) is 0 Å². The number of hydrogen-bond donors (Lipinski definition) is 0. The minimum absolute atomic E-state index is 0. The van der Waals surface area contributed by atoms with Crippen LogP contribution in [0.4, 0.5) is 0 Å². The molecule has 0 fully saturated rings. The fourth-order valence-electron chi connectivity index (χ4n) is 5.90. The van der Waals surface area contributed by atoms with Crippen LogP contribution >= 0.6 is 0 Å². The number of rotatable bonds is 2. The van der Waals surface area contributed by atoms with Crippen LogP contribution in [0.5, 0.6) is 0 Å². The second kappa shape index (κ2) is 12.7. The van der Waals surface area contributed by atoms with Crippen molar-refractivity contribution >= 4 is 43.4 Å². The van der Waals surface area contributed by atoms with Gasteiger partial charge in [0.1, 0.15) is 0 Å². The van der Waals surface area contributed by atoms with Crippen molar-refractivity contribution in [1.29, 1.82) is 0 Å². The molecule has 200 valence electrons. The summed E-state index contributed by atoms with van der Waals surface area (Å²) in [6, 6.07) is 47.4. The first-order valence-corrected chi connectivity index (χ1v) is 13.1. The number of fused-ring (bicyclic) bond motifs is 6. The summed E-state index contributed by atoms with van der Waals surface area (Å²) in [7, 11) is 0. The predicted octanol–water partition coefficient (Wildman–Crippen LogP) is 3.63. The van der Waals surface area contributed by atoms with Crippen LogP contribution < -0.4 is 24.8 Å². The van der Waals surface area contributed by atoms with Gasteiger partial charge in [-0.15, -0.1) is 80.8 Å². The monoisotopic (exact) mass is 648 g/mol. The number of benzene rings is 4. The van der Waals surface area contributed by atoms with Crippen molar-refractivity contribution in [3.8, 4) is 11.4 Å². The number of para-hydroxylation sites is 2. The third kappa shape index (κ3) is 5.35. The molecule has 0 aliphatic rings. The van der Waals surface area contributed by atoms with Gasteiger partial charge in [-0.1, -0.05) is 60.7 Å². The number of nitrogens with zero attached hydrogens (tertiary/aromatic N) is 2. The topological polar surface area (TPSA) is 9.86 Å². The molecule has 0 amide bonds. The van der Waals surface area contributed by atoms with Gasteiger partial charge in [-0.3, -0.25) is 0 Å². The number of aromatic nitrogens is 2. The molecule has 41 heavy (non-hydrogen) atoms. The van der Waals surface area contributed by atoms with Gasteiger partial charge >= 0.3 is 26.2 Å². The largest absolute Gasteiger partial charge is 4.00 e. The van der Waals surface area contributed by atoms with Crippen LogP contribution in [0, 0.1) is 13.8 Å². The summed E-state index contributed by atoms with van der Waals surface area (Å²) in [5.41, 5.74) is 7.61. The van der Waals surface area contributed by atoms with E-state index in [2.05, 4.69) is 156 Å². The van der Waals surface area contributed by atoms with Crippen LogP contribution in [0.25, 0.3) is 54.7 Å². The summed E-state index contributed by atoms with van der Waals surface area (Å²) in [6.07, 6.45) is 0. The Labute approximate surface area is 271 Å². The first kappa shape index (κ1) is 30.6. The van der Waals surface area contributed by atoms with Crippen LogP contribution in [-0.4, -0.2) is 9.13 Å². The quantitative estimate of drug-likeness (QED) is 0.253. The maximum atomic E-state index is 2.33. The number of halogens is 2. The Balaban J connectivity index is 0.000000176. The molecular weight excluding hydrogens is 623 g/mol. The zero-order valence-corrected chi connectivity index (χ0v) is 26.8. The average Bonchev–Trinajstić information content (AvgIpc) is 3.67. The minimum Gasteiger partial charge on any atom is -1.00 e. The Hall–Kier alpha value is -3.36. The van der Waals surface area contributed by atoms with Crippen LogP contribution in [0.15, 0.2) is 133 Å². The molecule has 0 N–H and O–H groups in total. The van der Waals surface area contributed by atoms with Gasteiger partial charge in [0.15, 0.2) is 0 Å². The van der Waals surface area contributed by atoms with Crippen LogP contribution in [0.3, 0.4) is 0 Å². The average molecular weight is 651 g/mol. The molecule has 0 radical (unpaired) electrons. The summed E-state index contributed by atoms with van der Waals surface area (Å²) < 4.78 is 4.66. The van der Waals surface area contributed by atoms with Crippen LogP contribution in [0.2, 0.25) is 0 Å². The van der Waals surface area contributed by atoms with Gasteiger partial charge in [0, 0.05) is 22.8 Å². The standard InChI is InChI=1S/2C18H14N.2ClH.Zr/c2*1-13-11-17-16-10-6-5-7-14(16)12-18(17)19(13)15-8-3-2-4-9-15;;;/h2*2-12H,1H3;2*1H;/q2*-1;;;+4/p-2. The Morgan fingerprint density at radius 3 is 1.17 bits per heavy atom. The van der Waals surface area contributed by atoms with Crippen molar-refractivity contribution in [2.24, 2.45) is 0 Å². The molecule has 2 heterocycles. The molecule has 2 nitrogen and oxygen atoms in total. The van der Waals surface area contributed by atoms with E-state index < -0.39 is 0 Å². The van der Waals surface area contributed by atoms with Crippen molar-refractivity contribution in [3.63, 3.8) is 0 Å². The summed E-state index contributed by atoms with van der Waals surface area (Å²) in [4.78, 5) is 0. The molecule has 0 bridgehead atoms. The minimum atomic E-state index is 0. The van der Waals surface area contributed by atoms with E-state index in [1.165, 1.54) is 66.1 Å². The Morgan fingerprint density at radius 2 is 0.780 bits per heavy atom. The van der Waals surface area contributed by atoms with E-state index in [9.17, 15) is 0 Å². The zero-order valence-electron chi connectivity index (χ0n) is 22.9. The molecule has 8 aromatic rings. The fraction of sp³-hybridized carbons (Fsp3) is 0.0556.